The molecule has 0 saturated carbocycles. The van der Waals surface area contributed by atoms with E-state index >= 15 is 0 Å². The molecule has 202 valence electrons. The van der Waals surface area contributed by atoms with Gasteiger partial charge < -0.3 is 24.5 Å². The Morgan fingerprint density at radius 2 is 1.62 bits per heavy atom. The monoisotopic (exact) mass is 527 g/mol. The van der Waals surface area contributed by atoms with Gasteiger partial charge in [-0.15, -0.1) is 0 Å². The standard InChI is InChI=1S/C31H33N3O5/c1-20(2)32-18-10-16-31-26(25-24(39-31)15-9-17-33(28(25)36)22-13-7-4-8-14-22)29(37)34(27(31)30(32)38)23(19-35)21-11-5-3-6-12-21/h3-16,20,23-27,35H,17-19H2,1-2H3/t23-,24-,25+,26+,27?,31+/m1/s1. The summed E-state index contributed by atoms with van der Waals surface area (Å²) in [7, 11) is 0. The van der Waals surface area contributed by atoms with Gasteiger partial charge in [0.1, 0.15) is 11.6 Å². The first-order valence-corrected chi connectivity index (χ1v) is 13.6. The van der Waals surface area contributed by atoms with E-state index in [1.165, 1.54) is 4.90 Å². The molecule has 1 unspecified atom stereocenters. The zero-order chi connectivity index (χ0) is 27.3. The second kappa shape index (κ2) is 9.77. The van der Waals surface area contributed by atoms with Crippen LogP contribution >= 0.6 is 0 Å². The van der Waals surface area contributed by atoms with Gasteiger partial charge >= 0.3 is 0 Å². The van der Waals surface area contributed by atoms with Crippen LogP contribution in [0.2, 0.25) is 0 Å². The highest BCUT2D eigenvalue weighted by molar-refractivity contribution is 6.04. The molecule has 0 bridgehead atoms. The largest absolute Gasteiger partial charge is 0.394 e. The van der Waals surface area contributed by atoms with Gasteiger partial charge in [0.15, 0.2) is 0 Å². The maximum atomic E-state index is 14.5. The fraction of sp³-hybridized carbons (Fsp3) is 0.387. The highest BCUT2D eigenvalue weighted by Crippen LogP contribution is 2.55. The summed E-state index contributed by atoms with van der Waals surface area (Å²) in [4.78, 5) is 47.9. The molecule has 2 fully saturated rings. The van der Waals surface area contributed by atoms with Crippen molar-refractivity contribution in [3.05, 3.63) is 90.5 Å². The molecule has 39 heavy (non-hydrogen) atoms. The van der Waals surface area contributed by atoms with E-state index in [2.05, 4.69) is 0 Å². The van der Waals surface area contributed by atoms with Crippen LogP contribution in [0.25, 0.3) is 0 Å². The van der Waals surface area contributed by atoms with Gasteiger partial charge in [-0.25, -0.2) is 0 Å². The summed E-state index contributed by atoms with van der Waals surface area (Å²) in [6.07, 6.45) is 6.82. The van der Waals surface area contributed by atoms with Crippen molar-refractivity contribution in [3.8, 4) is 0 Å². The summed E-state index contributed by atoms with van der Waals surface area (Å²) >= 11 is 0. The summed E-state index contributed by atoms with van der Waals surface area (Å²) < 4.78 is 6.71. The molecule has 8 heteroatoms. The molecule has 6 rings (SSSR count). The van der Waals surface area contributed by atoms with Crippen LogP contribution in [0.1, 0.15) is 25.5 Å². The lowest BCUT2D eigenvalue weighted by atomic mass is 9.77. The zero-order valence-corrected chi connectivity index (χ0v) is 22.1. The number of aliphatic hydroxyl groups excluding tert-OH is 1. The predicted octanol–water partition coefficient (Wildman–Crippen LogP) is 2.71. The average molecular weight is 528 g/mol. The number of para-hydroxylation sites is 1. The van der Waals surface area contributed by atoms with Crippen molar-refractivity contribution in [2.24, 2.45) is 11.8 Å². The Morgan fingerprint density at radius 1 is 0.923 bits per heavy atom. The van der Waals surface area contributed by atoms with E-state index in [9.17, 15) is 19.5 Å². The number of likely N-dealkylation sites (tertiary alicyclic amines) is 1. The van der Waals surface area contributed by atoms with Crippen LogP contribution < -0.4 is 4.90 Å². The molecule has 3 amide bonds. The molecular weight excluding hydrogens is 494 g/mol. The molecule has 0 aromatic heterocycles. The van der Waals surface area contributed by atoms with E-state index < -0.39 is 35.6 Å². The first kappa shape index (κ1) is 25.5. The maximum Gasteiger partial charge on any atom is 0.249 e. The van der Waals surface area contributed by atoms with Gasteiger partial charge in [-0.1, -0.05) is 72.8 Å². The molecule has 1 N–H and O–H groups in total. The second-order valence-corrected chi connectivity index (χ2v) is 10.9. The van der Waals surface area contributed by atoms with Gasteiger partial charge in [-0.3, -0.25) is 14.4 Å². The highest BCUT2D eigenvalue weighted by Gasteiger charge is 2.72. The van der Waals surface area contributed by atoms with Crippen molar-refractivity contribution in [2.75, 3.05) is 24.6 Å². The third kappa shape index (κ3) is 3.85. The third-order valence-electron chi connectivity index (χ3n) is 8.51. The summed E-state index contributed by atoms with van der Waals surface area (Å²) in [5.41, 5.74) is 0.119. The Labute approximate surface area is 228 Å². The van der Waals surface area contributed by atoms with Gasteiger partial charge in [0.2, 0.25) is 17.7 Å². The number of anilines is 1. The lowest BCUT2D eigenvalue weighted by Gasteiger charge is -2.39. The minimum Gasteiger partial charge on any atom is -0.394 e. The summed E-state index contributed by atoms with van der Waals surface area (Å²) in [5, 5.41) is 10.6. The van der Waals surface area contributed by atoms with E-state index in [1.54, 1.807) is 9.80 Å². The van der Waals surface area contributed by atoms with Gasteiger partial charge in [0.25, 0.3) is 0 Å². The number of rotatable bonds is 5. The molecule has 2 saturated heterocycles. The Bertz CT molecular complexity index is 1330. The van der Waals surface area contributed by atoms with Crippen LogP contribution in [0, 0.1) is 11.8 Å². The summed E-state index contributed by atoms with van der Waals surface area (Å²) in [6.45, 7) is 4.24. The van der Waals surface area contributed by atoms with Crippen LogP contribution in [-0.4, -0.2) is 76.1 Å². The Morgan fingerprint density at radius 3 is 2.28 bits per heavy atom. The molecular formula is C31H33N3O5. The van der Waals surface area contributed by atoms with Gasteiger partial charge in [-0.05, 0) is 31.5 Å². The molecule has 0 aliphatic carbocycles. The number of hydrogen-bond donors (Lipinski definition) is 1. The fourth-order valence-electron chi connectivity index (χ4n) is 6.76. The number of fused-ring (bicyclic) bond motifs is 2. The number of hydrogen-bond acceptors (Lipinski definition) is 5. The van der Waals surface area contributed by atoms with Crippen LogP contribution in [0.15, 0.2) is 85.0 Å². The Balaban J connectivity index is 1.50. The number of carbonyl (C=O) groups excluding carboxylic acids is 3. The van der Waals surface area contributed by atoms with E-state index in [0.717, 1.165) is 11.3 Å². The SMILES string of the molecule is CC(C)N1CC=C[C@]23O[C@@H]4C=CCN(c5ccccc5)C(=O)[C@@H]4[C@H]2C(=O)N([C@H](CO)c2ccccc2)C3C1=O. The lowest BCUT2D eigenvalue weighted by Crippen LogP contribution is -2.57. The molecule has 4 heterocycles. The number of ether oxygens (including phenoxy) is 1. The molecule has 1 spiro atoms. The molecule has 4 aliphatic rings. The van der Waals surface area contributed by atoms with Crippen molar-refractivity contribution in [1.29, 1.82) is 0 Å². The first-order valence-electron chi connectivity index (χ1n) is 13.6. The van der Waals surface area contributed by atoms with E-state index in [0.29, 0.717) is 13.1 Å². The maximum absolute atomic E-state index is 14.5. The lowest BCUT2D eigenvalue weighted by molar-refractivity contribution is -0.151. The van der Waals surface area contributed by atoms with Crippen LogP contribution in [0.3, 0.4) is 0 Å². The number of benzene rings is 2. The first-order chi connectivity index (χ1) is 18.9. The Kier molecular flexibility index (Phi) is 6.40. The highest BCUT2D eigenvalue weighted by atomic mass is 16.5. The molecule has 2 aromatic rings. The molecule has 8 nitrogen and oxygen atoms in total. The molecule has 0 radical (unpaired) electrons. The molecule has 4 aliphatic heterocycles. The molecule has 2 aromatic carbocycles. The summed E-state index contributed by atoms with van der Waals surface area (Å²) in [6, 6.07) is 16.7. The minimum absolute atomic E-state index is 0.111. The van der Waals surface area contributed by atoms with Crippen molar-refractivity contribution < 1.29 is 24.2 Å². The smallest absolute Gasteiger partial charge is 0.249 e. The van der Waals surface area contributed by atoms with Gasteiger partial charge in [-0.2, -0.15) is 0 Å². The number of aliphatic hydroxyl groups is 1. The zero-order valence-electron chi connectivity index (χ0n) is 22.1. The van der Waals surface area contributed by atoms with Crippen molar-refractivity contribution >= 4 is 23.4 Å². The van der Waals surface area contributed by atoms with Gasteiger partial charge in [0.05, 0.1) is 30.6 Å². The topological polar surface area (TPSA) is 90.4 Å². The van der Waals surface area contributed by atoms with Crippen LogP contribution in [0.5, 0.6) is 0 Å². The average Bonchev–Trinajstić information content (AvgIpc) is 3.25. The summed E-state index contributed by atoms with van der Waals surface area (Å²) in [5.74, 6) is -2.54. The quantitative estimate of drug-likeness (QED) is 0.604. The van der Waals surface area contributed by atoms with Gasteiger partial charge in [0, 0.05) is 24.8 Å². The van der Waals surface area contributed by atoms with E-state index in [1.807, 2.05) is 98.8 Å². The van der Waals surface area contributed by atoms with Crippen molar-refractivity contribution in [2.45, 2.75) is 43.7 Å². The second-order valence-electron chi connectivity index (χ2n) is 10.9. The van der Waals surface area contributed by atoms with Crippen LogP contribution in [0.4, 0.5) is 5.69 Å². The van der Waals surface area contributed by atoms with E-state index in [4.69, 9.17) is 4.74 Å². The van der Waals surface area contributed by atoms with Crippen LogP contribution in [-0.2, 0) is 19.1 Å². The molecule has 6 atom stereocenters. The minimum atomic E-state index is -1.34. The third-order valence-corrected chi connectivity index (χ3v) is 8.51. The Hall–Kier alpha value is -3.75. The number of amides is 3. The van der Waals surface area contributed by atoms with Crippen molar-refractivity contribution in [1.82, 2.24) is 9.80 Å². The number of nitrogens with zero attached hydrogens (tertiary/aromatic N) is 3. The van der Waals surface area contributed by atoms with E-state index in [-0.39, 0.29) is 30.4 Å². The van der Waals surface area contributed by atoms with Crippen molar-refractivity contribution in [3.63, 3.8) is 0 Å². The number of carbonyl (C=O) groups is 3. The predicted molar refractivity (Wildman–Crippen MR) is 145 cm³/mol. The normalized spacial score (nSPS) is 30.8. The fourth-order valence-corrected chi connectivity index (χ4v) is 6.76.